The van der Waals surface area contributed by atoms with Gasteiger partial charge in [-0.05, 0) is 37.4 Å². The summed E-state index contributed by atoms with van der Waals surface area (Å²) in [4.78, 5) is 21.9. The molecule has 2 aromatic heterocycles. The molecule has 4 rings (SSSR count). The molecule has 1 saturated heterocycles. The van der Waals surface area contributed by atoms with Crippen LogP contribution in [0.3, 0.4) is 0 Å². The van der Waals surface area contributed by atoms with E-state index in [2.05, 4.69) is 16.9 Å². The highest BCUT2D eigenvalue weighted by atomic mass is 35.5. The second-order valence-electron chi connectivity index (χ2n) is 6.31. The van der Waals surface area contributed by atoms with Crippen LogP contribution in [0.25, 0.3) is 10.1 Å². The van der Waals surface area contributed by atoms with E-state index < -0.39 is 0 Å². The third-order valence-corrected chi connectivity index (χ3v) is 5.76. The standard InChI is InChI=1S/C19H18ClN3O2S/c1-22-6-8-23(9-7-22)19(24)17-10-15-16(11-21-12-18(15)26-17)25-14-4-2-13(20)3-5-14/h2-5,10-12H,6-9H2,1H3. The molecule has 0 radical (unpaired) electrons. The van der Waals surface area contributed by atoms with Gasteiger partial charge in [-0.15, -0.1) is 11.3 Å². The van der Waals surface area contributed by atoms with Crippen LogP contribution in [0.2, 0.25) is 5.02 Å². The van der Waals surface area contributed by atoms with Gasteiger partial charge < -0.3 is 14.5 Å². The summed E-state index contributed by atoms with van der Waals surface area (Å²) < 4.78 is 6.89. The first-order valence-corrected chi connectivity index (χ1v) is 9.58. The van der Waals surface area contributed by atoms with Crippen LogP contribution >= 0.6 is 22.9 Å². The molecular weight excluding hydrogens is 370 g/mol. The molecule has 0 unspecified atom stereocenters. The van der Waals surface area contributed by atoms with Crippen LogP contribution in [0.5, 0.6) is 11.5 Å². The lowest BCUT2D eigenvalue weighted by Crippen LogP contribution is -2.46. The van der Waals surface area contributed by atoms with E-state index >= 15 is 0 Å². The number of likely N-dealkylation sites (N-methyl/N-ethyl adjacent to an activating group) is 1. The van der Waals surface area contributed by atoms with Crippen molar-refractivity contribution < 1.29 is 9.53 Å². The van der Waals surface area contributed by atoms with Crippen LogP contribution in [0.4, 0.5) is 0 Å². The fourth-order valence-corrected chi connectivity index (χ4v) is 4.06. The van der Waals surface area contributed by atoms with Crippen LogP contribution in [-0.4, -0.2) is 53.9 Å². The van der Waals surface area contributed by atoms with E-state index in [1.165, 1.54) is 11.3 Å². The zero-order chi connectivity index (χ0) is 18.1. The van der Waals surface area contributed by atoms with Crippen LogP contribution < -0.4 is 4.74 Å². The van der Waals surface area contributed by atoms with E-state index in [0.717, 1.165) is 41.1 Å². The Balaban J connectivity index is 1.60. The number of carbonyl (C=O) groups is 1. The summed E-state index contributed by atoms with van der Waals surface area (Å²) in [5.74, 6) is 1.40. The number of halogens is 1. The van der Waals surface area contributed by atoms with Gasteiger partial charge in [0.25, 0.3) is 5.91 Å². The van der Waals surface area contributed by atoms with E-state index in [1.54, 1.807) is 24.5 Å². The minimum absolute atomic E-state index is 0.0803. The molecule has 7 heteroatoms. The molecule has 0 atom stereocenters. The summed E-state index contributed by atoms with van der Waals surface area (Å²) in [7, 11) is 2.08. The van der Waals surface area contributed by atoms with Crippen molar-refractivity contribution in [3.05, 3.63) is 52.6 Å². The Hall–Kier alpha value is -2.15. The number of hydrogen-bond acceptors (Lipinski definition) is 5. The van der Waals surface area contributed by atoms with E-state index in [4.69, 9.17) is 16.3 Å². The Morgan fingerprint density at radius 1 is 1.15 bits per heavy atom. The lowest BCUT2D eigenvalue weighted by Gasteiger charge is -2.32. The molecule has 1 fully saturated rings. The van der Waals surface area contributed by atoms with Gasteiger partial charge in [-0.3, -0.25) is 9.78 Å². The largest absolute Gasteiger partial charge is 0.455 e. The lowest BCUT2D eigenvalue weighted by molar-refractivity contribution is 0.0669. The Bertz CT molecular complexity index is 934. The molecule has 0 saturated carbocycles. The SMILES string of the molecule is CN1CCN(C(=O)c2cc3c(Oc4ccc(Cl)cc4)cncc3s2)CC1. The lowest BCUT2D eigenvalue weighted by atomic mass is 10.2. The highest BCUT2D eigenvalue weighted by Crippen LogP contribution is 2.35. The molecule has 3 heterocycles. The van der Waals surface area contributed by atoms with Gasteiger partial charge in [0.1, 0.15) is 5.75 Å². The molecule has 5 nitrogen and oxygen atoms in total. The molecule has 1 aliphatic rings. The Labute approximate surface area is 160 Å². The minimum Gasteiger partial charge on any atom is -0.455 e. The molecule has 0 spiro atoms. The molecule has 1 aliphatic heterocycles. The van der Waals surface area contributed by atoms with E-state index in [-0.39, 0.29) is 5.91 Å². The number of pyridine rings is 1. The van der Waals surface area contributed by atoms with Crippen molar-refractivity contribution in [3.63, 3.8) is 0 Å². The molecule has 0 bridgehead atoms. The smallest absolute Gasteiger partial charge is 0.264 e. The van der Waals surface area contributed by atoms with Crippen molar-refractivity contribution in [2.75, 3.05) is 33.2 Å². The fourth-order valence-electron chi connectivity index (χ4n) is 2.92. The topological polar surface area (TPSA) is 45.7 Å². The summed E-state index contributed by atoms with van der Waals surface area (Å²) in [5, 5.41) is 1.56. The van der Waals surface area contributed by atoms with Crippen molar-refractivity contribution in [1.29, 1.82) is 0 Å². The number of fused-ring (bicyclic) bond motifs is 1. The van der Waals surface area contributed by atoms with Crippen molar-refractivity contribution in [3.8, 4) is 11.5 Å². The molecule has 26 heavy (non-hydrogen) atoms. The molecule has 1 aromatic carbocycles. The predicted octanol–water partition coefficient (Wildman–Crippen LogP) is 4.13. The van der Waals surface area contributed by atoms with E-state index in [0.29, 0.717) is 16.5 Å². The number of rotatable bonds is 3. The Kier molecular flexibility index (Phi) is 4.80. The van der Waals surface area contributed by atoms with Crippen molar-refractivity contribution >= 4 is 38.9 Å². The Morgan fingerprint density at radius 2 is 1.88 bits per heavy atom. The van der Waals surface area contributed by atoms with Crippen LogP contribution in [-0.2, 0) is 0 Å². The van der Waals surface area contributed by atoms with Crippen LogP contribution in [0, 0.1) is 0 Å². The second-order valence-corrected chi connectivity index (χ2v) is 7.83. The van der Waals surface area contributed by atoms with Crippen molar-refractivity contribution in [1.82, 2.24) is 14.8 Å². The van der Waals surface area contributed by atoms with Crippen LogP contribution in [0.15, 0.2) is 42.7 Å². The number of nitrogens with zero attached hydrogens (tertiary/aromatic N) is 3. The van der Waals surface area contributed by atoms with Gasteiger partial charge in [-0.2, -0.15) is 0 Å². The third kappa shape index (κ3) is 3.53. The predicted molar refractivity (Wildman–Crippen MR) is 105 cm³/mol. The van der Waals surface area contributed by atoms with E-state index in [9.17, 15) is 4.79 Å². The number of hydrogen-bond donors (Lipinski definition) is 0. The first kappa shape index (κ1) is 17.3. The van der Waals surface area contributed by atoms with Gasteiger partial charge in [-0.1, -0.05) is 11.6 Å². The maximum Gasteiger partial charge on any atom is 0.264 e. The number of carbonyl (C=O) groups excluding carboxylic acids is 1. The highest BCUT2D eigenvalue weighted by Gasteiger charge is 2.22. The minimum atomic E-state index is 0.0803. The monoisotopic (exact) mass is 387 g/mol. The average Bonchev–Trinajstić information content (AvgIpc) is 3.09. The summed E-state index contributed by atoms with van der Waals surface area (Å²) >= 11 is 7.38. The van der Waals surface area contributed by atoms with Gasteiger partial charge in [-0.25, -0.2) is 0 Å². The molecule has 0 aliphatic carbocycles. The second kappa shape index (κ2) is 7.23. The maximum atomic E-state index is 12.8. The fraction of sp³-hybridized carbons (Fsp3) is 0.263. The number of thiophene rings is 1. The molecule has 134 valence electrons. The molecule has 3 aromatic rings. The Morgan fingerprint density at radius 3 is 2.62 bits per heavy atom. The maximum absolute atomic E-state index is 12.8. The van der Waals surface area contributed by atoms with E-state index in [1.807, 2.05) is 23.1 Å². The van der Waals surface area contributed by atoms with Crippen LogP contribution in [0.1, 0.15) is 9.67 Å². The summed E-state index contributed by atoms with van der Waals surface area (Å²) in [6.45, 7) is 3.33. The van der Waals surface area contributed by atoms with Gasteiger partial charge in [0.2, 0.25) is 0 Å². The van der Waals surface area contributed by atoms with Gasteiger partial charge in [0.05, 0.1) is 15.8 Å². The first-order valence-electron chi connectivity index (χ1n) is 8.39. The molecule has 0 N–H and O–H groups in total. The zero-order valence-electron chi connectivity index (χ0n) is 14.3. The molecular formula is C19H18ClN3O2S. The average molecular weight is 388 g/mol. The van der Waals surface area contributed by atoms with Gasteiger partial charge in [0.15, 0.2) is 5.75 Å². The summed E-state index contributed by atoms with van der Waals surface area (Å²) in [6, 6.07) is 9.09. The number of benzene rings is 1. The first-order chi connectivity index (χ1) is 12.6. The highest BCUT2D eigenvalue weighted by molar-refractivity contribution is 7.20. The van der Waals surface area contributed by atoms with Crippen molar-refractivity contribution in [2.45, 2.75) is 0 Å². The third-order valence-electron chi connectivity index (χ3n) is 4.45. The molecule has 1 amide bonds. The number of aromatic nitrogens is 1. The normalized spacial score (nSPS) is 15.4. The number of amides is 1. The number of piperazine rings is 1. The summed E-state index contributed by atoms with van der Waals surface area (Å²) in [5.41, 5.74) is 0. The zero-order valence-corrected chi connectivity index (χ0v) is 15.9. The summed E-state index contributed by atoms with van der Waals surface area (Å²) in [6.07, 6.45) is 3.45. The quantitative estimate of drug-likeness (QED) is 0.677. The van der Waals surface area contributed by atoms with Gasteiger partial charge >= 0.3 is 0 Å². The van der Waals surface area contributed by atoms with Crippen molar-refractivity contribution in [2.24, 2.45) is 0 Å². The number of ether oxygens (including phenoxy) is 1. The van der Waals surface area contributed by atoms with Gasteiger partial charge in [0, 0.05) is 42.8 Å².